The van der Waals surface area contributed by atoms with Crippen LogP contribution in [0, 0.1) is 17.5 Å². The second-order valence-electron chi connectivity index (χ2n) is 8.92. The molecule has 0 saturated heterocycles. The van der Waals surface area contributed by atoms with E-state index >= 15 is 0 Å². The Hall–Kier alpha value is -3.38. The Morgan fingerprint density at radius 3 is 2.41 bits per heavy atom. The van der Waals surface area contributed by atoms with Gasteiger partial charge in [0.2, 0.25) is 10.0 Å². The van der Waals surface area contributed by atoms with Crippen LogP contribution in [0.1, 0.15) is 40.2 Å². The molecule has 2 aromatic carbocycles. The fourth-order valence-corrected chi connectivity index (χ4v) is 5.49. The Balaban J connectivity index is 1.72. The molecule has 0 unspecified atom stereocenters. The Bertz CT molecular complexity index is 1670. The molecule has 2 heterocycles. The number of fused-ring (bicyclic) bond motifs is 1. The minimum absolute atomic E-state index is 0.000600. The summed E-state index contributed by atoms with van der Waals surface area (Å²) < 4.78 is 70.5. The third-order valence-electron chi connectivity index (χ3n) is 6.26. The monoisotopic (exact) mass is 592 g/mol. The summed E-state index contributed by atoms with van der Waals surface area (Å²) in [6, 6.07) is 9.64. The lowest BCUT2D eigenvalue weighted by atomic mass is 10.0. The number of rotatable bonds is 7. The first-order chi connectivity index (χ1) is 17.5. The first-order valence-corrected chi connectivity index (χ1v) is 13.8. The molecule has 1 amide bonds. The third-order valence-corrected chi connectivity index (χ3v) is 8.00. The number of primary amides is 1. The maximum absolute atomic E-state index is 14.7. The van der Waals surface area contributed by atoms with E-state index < -0.39 is 39.9 Å². The van der Waals surface area contributed by atoms with E-state index in [1.54, 1.807) is 6.07 Å². The minimum Gasteiger partial charge on any atom is -0.365 e. The van der Waals surface area contributed by atoms with Crippen LogP contribution in [-0.2, 0) is 16.6 Å². The standard InChI is InChI=1S/C25H20BrF3N4O3S/c1-37(35,36)33(11-15-6-9-18(26)23(29)22(15)28)20-12-32-19(10-17(20)13-2-3-13)21(25(30)34)24(31-32)14-4-7-16(27)8-5-14/h4-10,12-13H,2-3,11H2,1H3,(H2,30,34). The van der Waals surface area contributed by atoms with Gasteiger partial charge in [0.1, 0.15) is 11.5 Å². The summed E-state index contributed by atoms with van der Waals surface area (Å²) in [5.74, 6) is -3.50. The molecule has 2 aromatic heterocycles. The number of hydrogen-bond donors (Lipinski definition) is 1. The predicted octanol–water partition coefficient (Wildman–Crippen LogP) is 5.12. The molecule has 1 saturated carbocycles. The second-order valence-corrected chi connectivity index (χ2v) is 11.7. The number of halogens is 4. The van der Waals surface area contributed by atoms with Crippen molar-refractivity contribution in [2.24, 2.45) is 5.73 Å². The van der Waals surface area contributed by atoms with E-state index in [1.165, 1.54) is 47.1 Å². The highest BCUT2D eigenvalue weighted by Crippen LogP contribution is 2.46. The van der Waals surface area contributed by atoms with Gasteiger partial charge in [0.15, 0.2) is 11.6 Å². The fraction of sp³-hybridized carbons (Fsp3) is 0.200. The molecule has 5 rings (SSSR count). The number of hydrogen-bond acceptors (Lipinski definition) is 4. The van der Waals surface area contributed by atoms with Gasteiger partial charge >= 0.3 is 0 Å². The molecular weight excluding hydrogens is 573 g/mol. The molecule has 0 aliphatic heterocycles. The largest absolute Gasteiger partial charge is 0.365 e. The van der Waals surface area contributed by atoms with Crippen molar-refractivity contribution in [2.45, 2.75) is 25.3 Å². The van der Waals surface area contributed by atoms with Crippen LogP contribution in [0.2, 0.25) is 0 Å². The van der Waals surface area contributed by atoms with E-state index in [2.05, 4.69) is 21.0 Å². The van der Waals surface area contributed by atoms with Crippen LogP contribution in [-0.4, -0.2) is 30.2 Å². The lowest BCUT2D eigenvalue weighted by Gasteiger charge is -2.25. The molecule has 7 nitrogen and oxygen atoms in total. The number of benzene rings is 2. The van der Waals surface area contributed by atoms with Crippen molar-refractivity contribution in [3.05, 3.63) is 87.3 Å². The average molecular weight is 593 g/mol. The zero-order chi connectivity index (χ0) is 26.6. The van der Waals surface area contributed by atoms with E-state index in [1.807, 2.05) is 0 Å². The van der Waals surface area contributed by atoms with Crippen molar-refractivity contribution in [1.29, 1.82) is 0 Å². The van der Waals surface area contributed by atoms with Gasteiger partial charge in [-0.3, -0.25) is 9.10 Å². The number of pyridine rings is 1. The lowest BCUT2D eigenvalue weighted by molar-refractivity contribution is 0.100. The van der Waals surface area contributed by atoms with Gasteiger partial charge in [-0.05, 0) is 76.7 Å². The van der Waals surface area contributed by atoms with E-state index in [4.69, 9.17) is 5.73 Å². The van der Waals surface area contributed by atoms with Crippen LogP contribution in [0.4, 0.5) is 18.9 Å². The highest BCUT2D eigenvalue weighted by atomic mass is 79.9. The molecule has 1 aliphatic carbocycles. The smallest absolute Gasteiger partial charge is 0.253 e. The summed E-state index contributed by atoms with van der Waals surface area (Å²) in [5.41, 5.74) is 7.49. The first kappa shape index (κ1) is 25.3. The quantitative estimate of drug-likeness (QED) is 0.301. The summed E-state index contributed by atoms with van der Waals surface area (Å²) in [5, 5.41) is 4.46. The molecule has 0 spiro atoms. The normalized spacial score (nSPS) is 13.8. The first-order valence-electron chi connectivity index (χ1n) is 11.2. The molecule has 0 atom stereocenters. The molecule has 37 heavy (non-hydrogen) atoms. The zero-order valence-electron chi connectivity index (χ0n) is 19.4. The van der Waals surface area contributed by atoms with Crippen molar-refractivity contribution in [1.82, 2.24) is 9.61 Å². The van der Waals surface area contributed by atoms with Gasteiger partial charge in [0, 0.05) is 11.1 Å². The number of anilines is 1. The van der Waals surface area contributed by atoms with Crippen LogP contribution in [0.3, 0.4) is 0 Å². The van der Waals surface area contributed by atoms with Crippen molar-refractivity contribution in [2.75, 3.05) is 10.6 Å². The lowest BCUT2D eigenvalue weighted by Crippen LogP contribution is -2.31. The van der Waals surface area contributed by atoms with Gasteiger partial charge in [-0.15, -0.1) is 0 Å². The van der Waals surface area contributed by atoms with Crippen molar-refractivity contribution >= 4 is 43.1 Å². The molecule has 4 aromatic rings. The molecule has 0 radical (unpaired) electrons. The van der Waals surface area contributed by atoms with Crippen LogP contribution in [0.5, 0.6) is 0 Å². The average Bonchev–Trinajstić information content (AvgIpc) is 3.61. The van der Waals surface area contributed by atoms with Crippen molar-refractivity contribution in [3.63, 3.8) is 0 Å². The Morgan fingerprint density at radius 1 is 1.14 bits per heavy atom. The third kappa shape index (κ3) is 4.71. The molecule has 0 bridgehead atoms. The van der Waals surface area contributed by atoms with Gasteiger partial charge < -0.3 is 5.73 Å². The summed E-state index contributed by atoms with van der Waals surface area (Å²) in [6.07, 6.45) is 3.99. The van der Waals surface area contributed by atoms with Gasteiger partial charge in [0.05, 0.1) is 40.2 Å². The number of nitrogens with zero attached hydrogens (tertiary/aromatic N) is 3. The summed E-state index contributed by atoms with van der Waals surface area (Å²) in [7, 11) is -3.97. The van der Waals surface area contributed by atoms with Crippen molar-refractivity contribution < 1.29 is 26.4 Å². The molecule has 2 N–H and O–H groups in total. The van der Waals surface area contributed by atoms with Crippen LogP contribution < -0.4 is 10.0 Å². The molecule has 1 fully saturated rings. The van der Waals surface area contributed by atoms with Crippen LogP contribution in [0.25, 0.3) is 16.8 Å². The number of aromatic nitrogens is 2. The number of carbonyl (C=O) groups is 1. The number of carbonyl (C=O) groups excluding carboxylic acids is 1. The topological polar surface area (TPSA) is 97.8 Å². The number of amides is 1. The predicted molar refractivity (Wildman–Crippen MR) is 136 cm³/mol. The maximum atomic E-state index is 14.7. The highest BCUT2D eigenvalue weighted by Gasteiger charge is 2.33. The van der Waals surface area contributed by atoms with Crippen LogP contribution in [0.15, 0.2) is 53.1 Å². The highest BCUT2D eigenvalue weighted by molar-refractivity contribution is 9.10. The fourth-order valence-electron chi connectivity index (χ4n) is 4.30. The number of sulfonamides is 1. The van der Waals surface area contributed by atoms with Crippen LogP contribution >= 0.6 is 15.9 Å². The summed E-state index contributed by atoms with van der Waals surface area (Å²) in [6.45, 7) is -0.463. The zero-order valence-corrected chi connectivity index (χ0v) is 21.8. The number of nitrogens with two attached hydrogens (primary N) is 1. The van der Waals surface area contributed by atoms with E-state index in [0.29, 0.717) is 16.6 Å². The summed E-state index contributed by atoms with van der Waals surface area (Å²) >= 11 is 2.92. The van der Waals surface area contributed by atoms with Gasteiger partial charge in [0.25, 0.3) is 5.91 Å². The van der Waals surface area contributed by atoms with Crippen molar-refractivity contribution in [3.8, 4) is 11.3 Å². The Morgan fingerprint density at radius 2 is 1.81 bits per heavy atom. The second kappa shape index (κ2) is 9.18. The van der Waals surface area contributed by atoms with E-state index in [9.17, 15) is 26.4 Å². The Kier molecular flexibility index (Phi) is 6.27. The van der Waals surface area contributed by atoms with E-state index in [-0.39, 0.29) is 32.9 Å². The minimum atomic E-state index is -3.97. The van der Waals surface area contributed by atoms with Gasteiger partial charge in [-0.2, -0.15) is 5.10 Å². The molecule has 1 aliphatic rings. The SMILES string of the molecule is CS(=O)(=O)N(Cc1ccc(Br)c(F)c1F)c1cn2nc(-c3ccc(F)cc3)c(C(N)=O)c2cc1C1CC1. The molecule has 192 valence electrons. The van der Waals surface area contributed by atoms with Gasteiger partial charge in [-0.25, -0.2) is 26.1 Å². The Labute approximate surface area is 218 Å². The van der Waals surface area contributed by atoms with Gasteiger partial charge in [-0.1, -0.05) is 6.07 Å². The molecule has 12 heteroatoms. The van der Waals surface area contributed by atoms with E-state index in [0.717, 1.165) is 23.4 Å². The molecular formula is C25H20BrF3N4O3S. The maximum Gasteiger partial charge on any atom is 0.253 e. The summed E-state index contributed by atoms with van der Waals surface area (Å²) in [4.78, 5) is 12.5.